The van der Waals surface area contributed by atoms with Crippen LogP contribution >= 0.6 is 0 Å². The van der Waals surface area contributed by atoms with E-state index in [4.69, 9.17) is 15.0 Å². The quantitative estimate of drug-likeness (QED) is 0.538. The van der Waals surface area contributed by atoms with Crippen molar-refractivity contribution in [1.29, 1.82) is 0 Å². The van der Waals surface area contributed by atoms with Gasteiger partial charge in [-0.05, 0) is 6.08 Å². The van der Waals surface area contributed by atoms with Crippen LogP contribution in [0.1, 0.15) is 0 Å². The van der Waals surface area contributed by atoms with Crippen LogP contribution < -0.4 is 0 Å². The van der Waals surface area contributed by atoms with Gasteiger partial charge >= 0.3 is 6.16 Å². The molecule has 3 nitrogen and oxygen atoms in total. The molecule has 0 atom stereocenters. The molecular formula is C5H7FO3. The van der Waals surface area contributed by atoms with Crippen LogP contribution in [0.2, 0.25) is 0 Å². The van der Waals surface area contributed by atoms with Gasteiger partial charge in [-0.1, -0.05) is 12.7 Å². The Morgan fingerprint density at radius 2 is 1.89 bits per heavy atom. The van der Waals surface area contributed by atoms with Gasteiger partial charge in [-0.15, -0.1) is 0 Å². The van der Waals surface area contributed by atoms with E-state index < -0.39 is 6.16 Å². The Labute approximate surface area is 51.7 Å². The molecule has 0 fully saturated rings. The molecule has 4 heteroatoms. The fourth-order valence-electron chi connectivity index (χ4n) is 0.0514. The summed E-state index contributed by atoms with van der Waals surface area (Å²) in [5.41, 5.74) is 0. The number of carboxylic acid groups (broad SMARTS) is 2. The maximum Gasteiger partial charge on any atom is 0.503 e. The Morgan fingerprint density at radius 1 is 1.56 bits per heavy atom. The summed E-state index contributed by atoms with van der Waals surface area (Å²) in [6.45, 7) is 3.22. The highest BCUT2D eigenvalue weighted by atomic mass is 19.1. The second kappa shape index (κ2) is 9.84. The van der Waals surface area contributed by atoms with Gasteiger partial charge in [-0.3, -0.25) is 0 Å². The number of halogens is 1. The van der Waals surface area contributed by atoms with E-state index in [1.807, 2.05) is 0 Å². The van der Waals surface area contributed by atoms with Crippen molar-refractivity contribution in [2.75, 3.05) is 0 Å². The molecule has 0 amide bonds. The summed E-state index contributed by atoms with van der Waals surface area (Å²) in [5, 5.41) is 13.9. The van der Waals surface area contributed by atoms with Gasteiger partial charge in [0, 0.05) is 0 Å². The predicted octanol–water partition coefficient (Wildman–Crippen LogP) is 1.88. The van der Waals surface area contributed by atoms with E-state index in [1.54, 1.807) is 0 Å². The van der Waals surface area contributed by atoms with Crippen LogP contribution in [-0.2, 0) is 0 Å². The van der Waals surface area contributed by atoms with Gasteiger partial charge in [-0.2, -0.15) is 0 Å². The smallest absolute Gasteiger partial charge is 0.450 e. The van der Waals surface area contributed by atoms with E-state index >= 15 is 0 Å². The summed E-state index contributed by atoms with van der Waals surface area (Å²) in [4.78, 5) is 8.56. The molecule has 0 aromatic carbocycles. The van der Waals surface area contributed by atoms with Gasteiger partial charge < -0.3 is 10.2 Å². The third-order valence-corrected chi connectivity index (χ3v) is 0.209. The average Bonchev–Trinajstić information content (AvgIpc) is 1.66. The SMILES string of the molecule is C=CC=CF.O=C(O)O. The first-order valence-electron chi connectivity index (χ1n) is 1.94. The van der Waals surface area contributed by atoms with Gasteiger partial charge in [0.1, 0.15) is 0 Å². The Balaban J connectivity index is 0. The summed E-state index contributed by atoms with van der Waals surface area (Å²) in [7, 11) is 0. The van der Waals surface area contributed by atoms with Gasteiger partial charge in [-0.25, -0.2) is 9.18 Å². The molecule has 0 saturated carbocycles. The molecule has 0 aliphatic carbocycles. The minimum atomic E-state index is -1.83. The van der Waals surface area contributed by atoms with Crippen LogP contribution in [0.5, 0.6) is 0 Å². The fraction of sp³-hybridized carbons (Fsp3) is 0. The Kier molecular flexibility index (Phi) is 11.6. The number of rotatable bonds is 1. The van der Waals surface area contributed by atoms with E-state index in [9.17, 15) is 4.39 Å². The first-order chi connectivity index (χ1) is 4.15. The average molecular weight is 134 g/mol. The highest BCUT2D eigenvalue weighted by Crippen LogP contribution is 1.68. The van der Waals surface area contributed by atoms with E-state index in [0.29, 0.717) is 6.33 Å². The molecule has 0 heterocycles. The van der Waals surface area contributed by atoms with Crippen molar-refractivity contribution in [3.05, 3.63) is 25.1 Å². The lowest BCUT2D eigenvalue weighted by atomic mass is 10.6. The molecule has 0 bridgehead atoms. The van der Waals surface area contributed by atoms with E-state index in [2.05, 4.69) is 6.58 Å². The van der Waals surface area contributed by atoms with Gasteiger partial charge in [0.2, 0.25) is 0 Å². The summed E-state index contributed by atoms with van der Waals surface area (Å²) in [6.07, 6.45) is 1.20. The van der Waals surface area contributed by atoms with Crippen molar-refractivity contribution in [1.82, 2.24) is 0 Å². The van der Waals surface area contributed by atoms with Crippen LogP contribution in [-0.4, -0.2) is 16.4 Å². The van der Waals surface area contributed by atoms with Crippen LogP contribution in [0.25, 0.3) is 0 Å². The van der Waals surface area contributed by atoms with Crippen molar-refractivity contribution in [2.45, 2.75) is 0 Å². The Hall–Kier alpha value is -1.32. The highest BCUT2D eigenvalue weighted by Gasteiger charge is 1.70. The zero-order chi connectivity index (χ0) is 7.70. The second-order valence-electron chi connectivity index (χ2n) is 0.837. The van der Waals surface area contributed by atoms with Crippen molar-refractivity contribution in [2.24, 2.45) is 0 Å². The molecule has 52 valence electrons. The normalized spacial score (nSPS) is 7.67. The first kappa shape index (κ1) is 10.6. The molecule has 0 radical (unpaired) electrons. The molecule has 0 rings (SSSR count). The zero-order valence-electron chi connectivity index (χ0n) is 4.62. The molecule has 0 unspecified atom stereocenters. The lowest BCUT2D eigenvalue weighted by Crippen LogP contribution is -1.81. The van der Waals surface area contributed by atoms with E-state index in [1.165, 1.54) is 12.2 Å². The van der Waals surface area contributed by atoms with Crippen LogP contribution in [0, 0.1) is 0 Å². The van der Waals surface area contributed by atoms with Crippen LogP contribution in [0.15, 0.2) is 25.1 Å². The summed E-state index contributed by atoms with van der Waals surface area (Å²) < 4.78 is 10.7. The van der Waals surface area contributed by atoms with E-state index in [-0.39, 0.29) is 0 Å². The molecule has 0 aromatic heterocycles. The van der Waals surface area contributed by atoms with Gasteiger partial charge in [0.25, 0.3) is 0 Å². The standard InChI is InChI=1S/C4H5F.CH2O3/c1-2-3-4-5;2-1(3)4/h2-4H,1H2;(H2,2,3,4). The van der Waals surface area contributed by atoms with Crippen molar-refractivity contribution in [3.8, 4) is 0 Å². The van der Waals surface area contributed by atoms with E-state index in [0.717, 1.165) is 0 Å². The third-order valence-electron chi connectivity index (χ3n) is 0.209. The monoisotopic (exact) mass is 134 g/mol. The van der Waals surface area contributed by atoms with Gasteiger partial charge in [0.05, 0.1) is 6.33 Å². The van der Waals surface area contributed by atoms with Crippen LogP contribution in [0.4, 0.5) is 9.18 Å². The molecule has 2 N–H and O–H groups in total. The molecule has 0 aromatic rings. The maximum atomic E-state index is 10.7. The number of hydrogen-bond donors (Lipinski definition) is 2. The molecule has 9 heavy (non-hydrogen) atoms. The Morgan fingerprint density at radius 3 is 1.89 bits per heavy atom. The first-order valence-corrected chi connectivity index (χ1v) is 1.94. The summed E-state index contributed by atoms with van der Waals surface area (Å²) in [5.74, 6) is 0. The molecule has 0 saturated heterocycles. The topological polar surface area (TPSA) is 57.5 Å². The number of carbonyl (C=O) groups is 1. The third kappa shape index (κ3) is 316. The predicted molar refractivity (Wildman–Crippen MR) is 31.1 cm³/mol. The Bertz CT molecular complexity index is 105. The lowest BCUT2D eigenvalue weighted by molar-refractivity contribution is 0.137. The van der Waals surface area contributed by atoms with Crippen molar-refractivity contribution >= 4 is 6.16 Å². The summed E-state index contributed by atoms with van der Waals surface area (Å²) >= 11 is 0. The lowest BCUT2D eigenvalue weighted by Gasteiger charge is -1.60. The number of allylic oxidation sites excluding steroid dienone is 2. The minimum Gasteiger partial charge on any atom is -0.450 e. The molecular weight excluding hydrogens is 127 g/mol. The highest BCUT2D eigenvalue weighted by molar-refractivity contribution is 5.53. The molecule has 0 aliphatic rings. The van der Waals surface area contributed by atoms with Crippen molar-refractivity contribution in [3.63, 3.8) is 0 Å². The summed E-state index contributed by atoms with van der Waals surface area (Å²) in [6, 6.07) is 0. The number of hydrogen-bond acceptors (Lipinski definition) is 1. The fourth-order valence-corrected chi connectivity index (χ4v) is 0.0514. The zero-order valence-corrected chi connectivity index (χ0v) is 4.62. The minimum absolute atomic E-state index is 0.438. The van der Waals surface area contributed by atoms with Crippen LogP contribution in [0.3, 0.4) is 0 Å². The molecule has 0 spiro atoms. The maximum absolute atomic E-state index is 10.7. The molecule has 0 aliphatic heterocycles. The van der Waals surface area contributed by atoms with Gasteiger partial charge in [0.15, 0.2) is 0 Å². The largest absolute Gasteiger partial charge is 0.503 e. The van der Waals surface area contributed by atoms with Crippen molar-refractivity contribution < 1.29 is 19.4 Å². The second-order valence-corrected chi connectivity index (χ2v) is 0.837.